The van der Waals surface area contributed by atoms with Crippen molar-refractivity contribution in [3.8, 4) is 0 Å². The van der Waals surface area contributed by atoms with Crippen LogP contribution in [0, 0.1) is 6.92 Å². The molecule has 1 unspecified atom stereocenters. The third-order valence-corrected chi connectivity index (χ3v) is 3.38. The van der Waals surface area contributed by atoms with Crippen LogP contribution in [0.4, 0.5) is 0 Å². The molecule has 6 nitrogen and oxygen atoms in total. The van der Waals surface area contributed by atoms with E-state index in [-0.39, 0.29) is 24.4 Å². The zero-order valence-electron chi connectivity index (χ0n) is 11.6. The summed E-state index contributed by atoms with van der Waals surface area (Å²) in [6.07, 6.45) is 0.689. The van der Waals surface area contributed by atoms with Crippen LogP contribution < -0.4 is 5.32 Å². The molecule has 6 heteroatoms. The lowest BCUT2D eigenvalue weighted by Crippen LogP contribution is -2.57. The predicted octanol–water partition coefficient (Wildman–Crippen LogP) is 0.448. The number of rotatable bonds is 4. The Balaban J connectivity index is 2.20. The number of amides is 2. The van der Waals surface area contributed by atoms with E-state index in [1.165, 1.54) is 4.90 Å². The number of nitrogens with one attached hydrogen (secondary N) is 1. The Bertz CT molecular complexity index is 495. The van der Waals surface area contributed by atoms with Gasteiger partial charge in [-0.25, -0.2) is 0 Å². The smallest absolute Gasteiger partial charge is 0.246 e. The van der Waals surface area contributed by atoms with E-state index in [1.807, 2.05) is 31.5 Å². The number of nitrogens with zero attached hydrogens (tertiary/aromatic N) is 3. The number of aromatic nitrogens is 2. The van der Waals surface area contributed by atoms with Crippen molar-refractivity contribution >= 4 is 11.8 Å². The Kier molecular flexibility index (Phi) is 3.99. The molecule has 1 atom stereocenters. The van der Waals surface area contributed by atoms with Crippen molar-refractivity contribution in [1.82, 2.24) is 20.0 Å². The number of hydrogen-bond donors (Lipinski definition) is 1. The number of imide groups is 1. The first kappa shape index (κ1) is 13.7. The number of piperazine rings is 1. The summed E-state index contributed by atoms with van der Waals surface area (Å²) >= 11 is 0. The second-order valence-corrected chi connectivity index (χ2v) is 4.75. The fourth-order valence-corrected chi connectivity index (χ4v) is 2.35. The zero-order chi connectivity index (χ0) is 14.0. The lowest BCUT2D eigenvalue weighted by Gasteiger charge is -2.31. The summed E-state index contributed by atoms with van der Waals surface area (Å²) in [4.78, 5) is 25.4. The quantitative estimate of drug-likeness (QED) is 0.802. The van der Waals surface area contributed by atoms with E-state index in [0.717, 1.165) is 17.9 Å². The molecular formula is C13H20N4O2. The maximum absolute atomic E-state index is 12.2. The Labute approximate surface area is 112 Å². The van der Waals surface area contributed by atoms with Gasteiger partial charge >= 0.3 is 0 Å². The van der Waals surface area contributed by atoms with Crippen LogP contribution in [0.1, 0.15) is 31.7 Å². The molecule has 0 radical (unpaired) electrons. The number of aryl methyl sites for hydroxylation is 2. The Morgan fingerprint density at radius 1 is 1.42 bits per heavy atom. The van der Waals surface area contributed by atoms with Crippen molar-refractivity contribution < 1.29 is 9.59 Å². The summed E-state index contributed by atoms with van der Waals surface area (Å²) < 4.78 is 1.83. The molecular weight excluding hydrogens is 244 g/mol. The summed E-state index contributed by atoms with van der Waals surface area (Å²) in [7, 11) is 0. The second kappa shape index (κ2) is 5.52. The molecule has 0 aliphatic carbocycles. The largest absolute Gasteiger partial charge is 0.297 e. The molecule has 19 heavy (non-hydrogen) atoms. The van der Waals surface area contributed by atoms with Crippen LogP contribution in [0.15, 0.2) is 6.07 Å². The van der Waals surface area contributed by atoms with E-state index in [4.69, 9.17) is 0 Å². The Hall–Kier alpha value is -1.69. The van der Waals surface area contributed by atoms with Crippen LogP contribution in [-0.2, 0) is 22.7 Å². The molecule has 104 valence electrons. The first-order valence-corrected chi connectivity index (χ1v) is 6.67. The molecule has 0 bridgehead atoms. The lowest BCUT2D eigenvalue weighted by molar-refractivity contribution is -0.150. The predicted molar refractivity (Wildman–Crippen MR) is 70.3 cm³/mol. The van der Waals surface area contributed by atoms with Crippen molar-refractivity contribution in [1.29, 1.82) is 0 Å². The monoisotopic (exact) mass is 264 g/mol. The molecule has 2 rings (SSSR count). The minimum Gasteiger partial charge on any atom is -0.297 e. The van der Waals surface area contributed by atoms with Gasteiger partial charge in [0, 0.05) is 6.54 Å². The van der Waals surface area contributed by atoms with Crippen molar-refractivity contribution in [2.75, 3.05) is 6.54 Å². The molecule has 1 fully saturated rings. The van der Waals surface area contributed by atoms with Crippen LogP contribution in [0.2, 0.25) is 0 Å². The average Bonchev–Trinajstić information content (AvgIpc) is 2.75. The van der Waals surface area contributed by atoms with E-state index >= 15 is 0 Å². The van der Waals surface area contributed by atoms with Gasteiger partial charge in [-0.2, -0.15) is 5.10 Å². The second-order valence-electron chi connectivity index (χ2n) is 4.75. The molecule has 2 amide bonds. The molecule has 0 aromatic carbocycles. The van der Waals surface area contributed by atoms with Crippen LogP contribution >= 0.6 is 0 Å². The van der Waals surface area contributed by atoms with E-state index in [2.05, 4.69) is 10.4 Å². The van der Waals surface area contributed by atoms with Gasteiger partial charge in [-0.3, -0.25) is 24.5 Å². The number of carbonyl (C=O) groups is 2. The molecule has 0 spiro atoms. The number of carbonyl (C=O) groups excluding carboxylic acids is 2. The average molecular weight is 264 g/mol. The van der Waals surface area contributed by atoms with Crippen molar-refractivity contribution in [2.45, 2.75) is 46.3 Å². The fraction of sp³-hybridized carbons (Fsp3) is 0.615. The maximum atomic E-state index is 12.2. The van der Waals surface area contributed by atoms with E-state index in [0.29, 0.717) is 13.0 Å². The lowest BCUT2D eigenvalue weighted by atomic mass is 10.1. The number of hydrogen-bond acceptors (Lipinski definition) is 4. The fourth-order valence-electron chi connectivity index (χ4n) is 2.35. The highest BCUT2D eigenvalue weighted by Crippen LogP contribution is 2.12. The molecule has 1 aromatic rings. The van der Waals surface area contributed by atoms with Crippen LogP contribution in [0.5, 0.6) is 0 Å². The summed E-state index contributed by atoms with van der Waals surface area (Å²) in [5, 5.41) is 7.29. The minimum atomic E-state index is -0.253. The van der Waals surface area contributed by atoms with Gasteiger partial charge in [0.1, 0.15) is 0 Å². The van der Waals surface area contributed by atoms with E-state index < -0.39 is 0 Å². The van der Waals surface area contributed by atoms with Crippen molar-refractivity contribution in [2.24, 2.45) is 0 Å². The Morgan fingerprint density at radius 2 is 2.16 bits per heavy atom. The van der Waals surface area contributed by atoms with Crippen molar-refractivity contribution in [3.05, 3.63) is 17.5 Å². The summed E-state index contributed by atoms with van der Waals surface area (Å²) in [5.74, 6) is -0.309. The first-order chi connectivity index (χ1) is 9.06. The van der Waals surface area contributed by atoms with Crippen LogP contribution in [0.25, 0.3) is 0 Å². The van der Waals surface area contributed by atoms with Gasteiger partial charge in [-0.15, -0.1) is 0 Å². The maximum Gasteiger partial charge on any atom is 0.246 e. The van der Waals surface area contributed by atoms with Gasteiger partial charge < -0.3 is 0 Å². The SMILES string of the molecule is CCC1NCC(=O)N(Cc2cc(C)nn2CC)C1=O. The summed E-state index contributed by atoms with van der Waals surface area (Å²) in [5.41, 5.74) is 1.80. The van der Waals surface area contributed by atoms with Gasteiger partial charge in [0.2, 0.25) is 11.8 Å². The summed E-state index contributed by atoms with van der Waals surface area (Å²) in [6, 6.07) is 1.67. The summed E-state index contributed by atoms with van der Waals surface area (Å²) in [6.45, 7) is 7.10. The van der Waals surface area contributed by atoms with Gasteiger partial charge in [0.15, 0.2) is 0 Å². The van der Waals surface area contributed by atoms with Crippen LogP contribution in [-0.4, -0.2) is 39.1 Å². The van der Waals surface area contributed by atoms with Gasteiger partial charge in [0.05, 0.1) is 30.5 Å². The molecule has 2 heterocycles. The van der Waals surface area contributed by atoms with Gasteiger partial charge in [-0.1, -0.05) is 6.92 Å². The normalized spacial score (nSPS) is 20.2. The first-order valence-electron chi connectivity index (χ1n) is 6.67. The third-order valence-electron chi connectivity index (χ3n) is 3.38. The topological polar surface area (TPSA) is 67.2 Å². The molecule has 1 saturated heterocycles. The molecule has 1 aliphatic heterocycles. The van der Waals surface area contributed by atoms with Crippen LogP contribution in [0.3, 0.4) is 0 Å². The standard InChI is InChI=1S/C13H20N4O2/c1-4-11-13(19)16(12(18)7-14-11)8-10-6-9(3)15-17(10)5-2/h6,11,14H,4-5,7-8H2,1-3H3. The third kappa shape index (κ3) is 2.68. The highest BCUT2D eigenvalue weighted by Gasteiger charge is 2.33. The molecule has 1 aromatic heterocycles. The van der Waals surface area contributed by atoms with Gasteiger partial charge in [0.25, 0.3) is 0 Å². The highest BCUT2D eigenvalue weighted by atomic mass is 16.2. The van der Waals surface area contributed by atoms with Crippen molar-refractivity contribution in [3.63, 3.8) is 0 Å². The highest BCUT2D eigenvalue weighted by molar-refractivity contribution is 6.01. The molecule has 0 saturated carbocycles. The zero-order valence-corrected chi connectivity index (χ0v) is 11.6. The van der Waals surface area contributed by atoms with E-state index in [9.17, 15) is 9.59 Å². The molecule has 1 N–H and O–H groups in total. The van der Waals surface area contributed by atoms with Gasteiger partial charge in [-0.05, 0) is 26.3 Å². The minimum absolute atomic E-state index is 0.139. The molecule has 1 aliphatic rings. The van der Waals surface area contributed by atoms with E-state index in [1.54, 1.807) is 0 Å². The Morgan fingerprint density at radius 3 is 2.79 bits per heavy atom.